The van der Waals surface area contributed by atoms with Crippen LogP contribution < -0.4 is 5.32 Å². The number of halogens is 2. The lowest BCUT2D eigenvalue weighted by atomic mass is 10.1. The first-order valence-electron chi connectivity index (χ1n) is 5.53. The van der Waals surface area contributed by atoms with Gasteiger partial charge < -0.3 is 5.32 Å². The molecule has 0 aliphatic heterocycles. The van der Waals surface area contributed by atoms with Crippen LogP contribution in [0.2, 0.25) is 0 Å². The van der Waals surface area contributed by atoms with E-state index in [1.54, 1.807) is 13.0 Å². The minimum Gasteiger partial charge on any atom is -0.319 e. The van der Waals surface area contributed by atoms with Crippen molar-refractivity contribution < 1.29 is 13.6 Å². The van der Waals surface area contributed by atoms with Gasteiger partial charge in [-0.1, -0.05) is 6.07 Å². The number of aryl methyl sites for hydroxylation is 1. The average molecular weight is 279 g/mol. The molecule has 2 rings (SSSR count). The van der Waals surface area contributed by atoms with E-state index in [0.29, 0.717) is 4.90 Å². The highest BCUT2D eigenvalue weighted by atomic mass is 32.1. The van der Waals surface area contributed by atoms with Crippen molar-refractivity contribution in [2.45, 2.75) is 11.8 Å². The van der Waals surface area contributed by atoms with Gasteiger partial charge in [0.1, 0.15) is 11.6 Å². The first-order valence-corrected chi connectivity index (χ1v) is 5.98. The zero-order valence-corrected chi connectivity index (χ0v) is 11.0. The summed E-state index contributed by atoms with van der Waals surface area (Å²) in [5, 5.41) is 2.33. The number of carbonyl (C=O) groups excluding carboxylic acids is 1. The van der Waals surface area contributed by atoms with Crippen LogP contribution in [0.15, 0.2) is 41.3 Å². The summed E-state index contributed by atoms with van der Waals surface area (Å²) in [6, 6.07) is 8.25. The number of amides is 1. The van der Waals surface area contributed by atoms with Gasteiger partial charge in [-0.3, -0.25) is 4.79 Å². The molecule has 1 amide bonds. The second-order valence-electron chi connectivity index (χ2n) is 4.10. The van der Waals surface area contributed by atoms with E-state index in [4.69, 9.17) is 0 Å². The van der Waals surface area contributed by atoms with Crippen LogP contribution in [0.4, 0.5) is 14.5 Å². The molecule has 2 aromatic rings. The van der Waals surface area contributed by atoms with Gasteiger partial charge in [0.25, 0.3) is 5.91 Å². The Morgan fingerprint density at radius 3 is 2.53 bits per heavy atom. The summed E-state index contributed by atoms with van der Waals surface area (Å²) in [6.45, 7) is 1.73. The fraction of sp³-hybridized carbons (Fsp3) is 0.0714. The predicted octanol–water partition coefficient (Wildman–Crippen LogP) is 3.81. The molecule has 0 bridgehead atoms. The lowest BCUT2D eigenvalue weighted by Gasteiger charge is -2.08. The lowest BCUT2D eigenvalue weighted by molar-refractivity contribution is 0.102. The fourth-order valence-electron chi connectivity index (χ4n) is 1.60. The summed E-state index contributed by atoms with van der Waals surface area (Å²) in [4.78, 5) is 12.3. The third kappa shape index (κ3) is 3.12. The van der Waals surface area contributed by atoms with Crippen LogP contribution in [0.25, 0.3) is 0 Å². The Morgan fingerprint density at radius 2 is 1.84 bits per heavy atom. The zero-order valence-electron chi connectivity index (χ0n) is 10.1. The van der Waals surface area contributed by atoms with Crippen molar-refractivity contribution in [2.75, 3.05) is 5.32 Å². The Labute approximate surface area is 114 Å². The van der Waals surface area contributed by atoms with E-state index in [0.717, 1.165) is 11.6 Å². The number of nitrogens with one attached hydrogen (secondary N) is 1. The molecule has 2 nitrogen and oxygen atoms in total. The van der Waals surface area contributed by atoms with Gasteiger partial charge in [0, 0.05) is 4.90 Å². The predicted molar refractivity (Wildman–Crippen MR) is 72.7 cm³/mol. The molecule has 0 aliphatic rings. The third-order valence-corrected chi connectivity index (χ3v) is 2.85. The Balaban J connectivity index is 2.28. The van der Waals surface area contributed by atoms with Gasteiger partial charge in [0.15, 0.2) is 0 Å². The number of hydrogen-bond donors (Lipinski definition) is 2. The van der Waals surface area contributed by atoms with Crippen molar-refractivity contribution in [3.63, 3.8) is 0 Å². The molecule has 0 fully saturated rings. The summed E-state index contributed by atoms with van der Waals surface area (Å²) in [5.41, 5.74) is 0.575. The molecule has 0 aliphatic carbocycles. The summed E-state index contributed by atoms with van der Waals surface area (Å²) < 4.78 is 27.1. The highest BCUT2D eigenvalue weighted by molar-refractivity contribution is 7.80. The van der Waals surface area contributed by atoms with Crippen molar-refractivity contribution in [3.8, 4) is 0 Å². The Bertz CT molecular complexity index is 643. The maximum Gasteiger partial charge on any atom is 0.258 e. The molecule has 2 aromatic carbocycles. The standard InChI is InChI=1S/C14H11F2NOS/c1-8-2-5-13(12(16)6-8)17-14(18)10-7-9(19)3-4-11(10)15/h2-7,19H,1H3,(H,17,18). The molecule has 5 heteroatoms. The van der Waals surface area contributed by atoms with Gasteiger partial charge >= 0.3 is 0 Å². The van der Waals surface area contributed by atoms with Gasteiger partial charge in [0.2, 0.25) is 0 Å². The van der Waals surface area contributed by atoms with E-state index >= 15 is 0 Å². The monoisotopic (exact) mass is 279 g/mol. The number of benzene rings is 2. The second-order valence-corrected chi connectivity index (χ2v) is 4.62. The largest absolute Gasteiger partial charge is 0.319 e. The summed E-state index contributed by atoms with van der Waals surface area (Å²) in [5.74, 6) is -1.95. The quantitative estimate of drug-likeness (QED) is 0.804. The van der Waals surface area contributed by atoms with Crippen LogP contribution in [0.3, 0.4) is 0 Å². The first kappa shape index (κ1) is 13.5. The Hall–Kier alpha value is -1.88. The number of hydrogen-bond acceptors (Lipinski definition) is 2. The molecule has 0 atom stereocenters. The second kappa shape index (κ2) is 5.40. The molecular weight excluding hydrogens is 268 g/mol. The minimum atomic E-state index is -0.712. The SMILES string of the molecule is Cc1ccc(NC(=O)c2cc(S)ccc2F)c(F)c1. The van der Waals surface area contributed by atoms with Crippen molar-refractivity contribution in [2.24, 2.45) is 0 Å². The van der Waals surface area contributed by atoms with Crippen LogP contribution in [0.1, 0.15) is 15.9 Å². The molecule has 0 saturated heterocycles. The number of rotatable bonds is 2. The molecule has 0 saturated carbocycles. The molecule has 98 valence electrons. The van der Waals surface area contributed by atoms with E-state index in [2.05, 4.69) is 17.9 Å². The molecular formula is C14H11F2NOS. The number of carbonyl (C=O) groups is 1. The molecule has 0 heterocycles. The summed E-state index contributed by atoms with van der Waals surface area (Å²) >= 11 is 4.04. The third-order valence-electron chi connectivity index (χ3n) is 2.57. The van der Waals surface area contributed by atoms with Gasteiger partial charge in [-0.15, -0.1) is 12.6 Å². The number of thiol groups is 1. The van der Waals surface area contributed by atoms with Crippen molar-refractivity contribution in [1.29, 1.82) is 0 Å². The highest BCUT2D eigenvalue weighted by Gasteiger charge is 2.14. The van der Waals surface area contributed by atoms with Crippen molar-refractivity contribution in [1.82, 2.24) is 0 Å². The summed E-state index contributed by atoms with van der Waals surface area (Å²) in [7, 11) is 0. The van der Waals surface area contributed by atoms with E-state index in [9.17, 15) is 13.6 Å². The smallest absolute Gasteiger partial charge is 0.258 e. The Morgan fingerprint density at radius 1 is 1.11 bits per heavy atom. The molecule has 0 unspecified atom stereocenters. The van der Waals surface area contributed by atoms with Gasteiger partial charge in [-0.25, -0.2) is 8.78 Å². The maximum absolute atomic E-state index is 13.6. The molecule has 0 spiro atoms. The van der Waals surface area contributed by atoms with Crippen molar-refractivity contribution >= 4 is 24.2 Å². The Kier molecular flexibility index (Phi) is 3.85. The van der Waals surface area contributed by atoms with Crippen LogP contribution in [0.5, 0.6) is 0 Å². The van der Waals surface area contributed by atoms with Crippen LogP contribution in [-0.4, -0.2) is 5.91 Å². The first-order chi connectivity index (χ1) is 8.97. The van der Waals surface area contributed by atoms with E-state index < -0.39 is 17.5 Å². The minimum absolute atomic E-state index is 0.0135. The van der Waals surface area contributed by atoms with E-state index in [1.807, 2.05) is 0 Å². The fourth-order valence-corrected chi connectivity index (χ4v) is 1.80. The van der Waals surface area contributed by atoms with Crippen LogP contribution >= 0.6 is 12.6 Å². The van der Waals surface area contributed by atoms with Crippen molar-refractivity contribution in [3.05, 3.63) is 59.2 Å². The van der Waals surface area contributed by atoms with Crippen LogP contribution in [-0.2, 0) is 0 Å². The molecule has 0 aromatic heterocycles. The van der Waals surface area contributed by atoms with E-state index in [-0.39, 0.29) is 11.3 Å². The molecule has 19 heavy (non-hydrogen) atoms. The molecule has 1 N–H and O–H groups in total. The van der Waals surface area contributed by atoms with Crippen LogP contribution in [0, 0.1) is 18.6 Å². The normalized spacial score (nSPS) is 10.3. The van der Waals surface area contributed by atoms with Gasteiger partial charge in [0.05, 0.1) is 11.3 Å². The van der Waals surface area contributed by atoms with E-state index in [1.165, 1.54) is 24.3 Å². The highest BCUT2D eigenvalue weighted by Crippen LogP contribution is 2.18. The topological polar surface area (TPSA) is 29.1 Å². The van der Waals surface area contributed by atoms with Gasteiger partial charge in [-0.05, 0) is 42.8 Å². The maximum atomic E-state index is 13.6. The lowest BCUT2D eigenvalue weighted by Crippen LogP contribution is -2.14. The zero-order chi connectivity index (χ0) is 14.0. The number of anilines is 1. The summed E-state index contributed by atoms with van der Waals surface area (Å²) in [6.07, 6.45) is 0. The van der Waals surface area contributed by atoms with Gasteiger partial charge in [-0.2, -0.15) is 0 Å². The average Bonchev–Trinajstić information content (AvgIpc) is 2.35. The molecule has 0 radical (unpaired) electrons.